The Hall–Kier alpha value is -0.820. The fourth-order valence-corrected chi connectivity index (χ4v) is 2.97. The zero-order chi connectivity index (χ0) is 14.1. The molecule has 1 aromatic carbocycles. The fraction of sp³-hybridized carbons (Fsp3) is 0.333. The molecule has 0 atom stereocenters. The molecule has 1 aliphatic carbocycles. The average Bonchev–Trinajstić information content (AvgIpc) is 3.11. The summed E-state index contributed by atoms with van der Waals surface area (Å²) < 4.78 is 6.28. The van der Waals surface area contributed by atoms with E-state index in [4.69, 9.17) is 27.6 Å². The molecule has 1 aromatic heterocycles. The summed E-state index contributed by atoms with van der Waals surface area (Å²) in [5, 5.41) is 15.1. The van der Waals surface area contributed by atoms with Crippen molar-refractivity contribution in [2.45, 2.75) is 25.4 Å². The third kappa shape index (κ3) is 3.44. The van der Waals surface area contributed by atoms with Crippen LogP contribution in [0.5, 0.6) is 0 Å². The first-order chi connectivity index (χ1) is 9.61. The number of rotatable bonds is 5. The Labute approximate surface area is 134 Å². The summed E-state index contributed by atoms with van der Waals surface area (Å²) in [5.74, 6) is 0.531. The third-order valence-corrected chi connectivity index (χ3v) is 3.88. The van der Waals surface area contributed by atoms with Gasteiger partial charge in [-0.1, -0.05) is 44.2 Å². The lowest BCUT2D eigenvalue weighted by Gasteiger charge is -2.07. The Bertz CT molecular complexity index is 607. The molecule has 0 amide bonds. The topological polar surface area (TPSA) is 63.0 Å². The van der Waals surface area contributed by atoms with Gasteiger partial charge in [0.25, 0.3) is 0 Å². The molecule has 106 valence electrons. The van der Waals surface area contributed by atoms with E-state index in [1.54, 1.807) is 12.1 Å². The smallest absolute Gasteiger partial charge is 0.320 e. The molecule has 3 rings (SSSR count). The van der Waals surface area contributed by atoms with Gasteiger partial charge in [-0.05, 0) is 25.0 Å². The molecule has 20 heavy (non-hydrogen) atoms. The number of anilines is 2. The molecule has 0 radical (unpaired) electrons. The summed E-state index contributed by atoms with van der Waals surface area (Å²) in [4.78, 5) is 0. The first-order valence-electron chi connectivity index (χ1n) is 6.09. The van der Waals surface area contributed by atoms with Crippen LogP contribution in [0.25, 0.3) is 0 Å². The van der Waals surface area contributed by atoms with E-state index >= 15 is 0 Å². The molecule has 1 heterocycles. The summed E-state index contributed by atoms with van der Waals surface area (Å²) in [6, 6.07) is 4.33. The van der Waals surface area contributed by atoms with Crippen LogP contribution < -0.4 is 10.6 Å². The van der Waals surface area contributed by atoms with Crippen molar-refractivity contribution >= 4 is 50.8 Å². The third-order valence-electron chi connectivity index (χ3n) is 2.82. The summed E-state index contributed by atoms with van der Waals surface area (Å²) in [7, 11) is 0. The second-order valence-electron chi connectivity index (χ2n) is 4.53. The highest BCUT2D eigenvalue weighted by atomic mass is 79.9. The molecule has 0 unspecified atom stereocenters. The Morgan fingerprint density at radius 3 is 2.60 bits per heavy atom. The van der Waals surface area contributed by atoms with Gasteiger partial charge in [-0.25, -0.2) is 0 Å². The van der Waals surface area contributed by atoms with Gasteiger partial charge in [-0.15, -0.1) is 5.10 Å². The van der Waals surface area contributed by atoms with E-state index < -0.39 is 0 Å². The van der Waals surface area contributed by atoms with E-state index in [1.165, 1.54) is 12.8 Å². The minimum Gasteiger partial charge on any atom is -0.406 e. The lowest BCUT2D eigenvalue weighted by molar-refractivity contribution is 0.478. The van der Waals surface area contributed by atoms with Gasteiger partial charge in [0.15, 0.2) is 0 Å². The lowest BCUT2D eigenvalue weighted by atomic mass is 10.3. The van der Waals surface area contributed by atoms with Gasteiger partial charge >= 0.3 is 6.01 Å². The Morgan fingerprint density at radius 2 is 1.95 bits per heavy atom. The van der Waals surface area contributed by atoms with Gasteiger partial charge in [0, 0.05) is 10.5 Å². The first-order valence-corrected chi connectivity index (χ1v) is 7.64. The highest BCUT2D eigenvalue weighted by Gasteiger charge is 2.21. The van der Waals surface area contributed by atoms with Crippen LogP contribution in [0, 0.1) is 0 Å². The number of nitrogens with zero attached hydrogens (tertiary/aromatic N) is 2. The number of nitrogens with one attached hydrogen (secondary N) is 2. The fourth-order valence-electron chi connectivity index (χ4n) is 1.66. The number of aromatic nitrogens is 2. The van der Waals surface area contributed by atoms with E-state index in [1.807, 2.05) is 0 Å². The molecule has 2 aromatic rings. The zero-order valence-electron chi connectivity index (χ0n) is 10.3. The second-order valence-corrected chi connectivity index (χ2v) is 6.26. The van der Waals surface area contributed by atoms with Crippen LogP contribution in [0.4, 0.5) is 11.7 Å². The predicted octanol–water partition coefficient (Wildman–Crippen LogP) is 4.13. The van der Waals surface area contributed by atoms with Crippen molar-refractivity contribution in [3.63, 3.8) is 0 Å². The molecule has 8 heteroatoms. The SMILES string of the molecule is Clc1cc(Br)cc(Cl)c1Nc1nnc(CNC2CC2)o1. The van der Waals surface area contributed by atoms with Crippen molar-refractivity contribution in [2.24, 2.45) is 0 Å². The molecule has 0 bridgehead atoms. The number of benzene rings is 1. The van der Waals surface area contributed by atoms with E-state index in [0.29, 0.717) is 34.2 Å². The van der Waals surface area contributed by atoms with E-state index in [2.05, 4.69) is 36.8 Å². The van der Waals surface area contributed by atoms with Gasteiger partial charge in [-0.3, -0.25) is 0 Å². The summed E-state index contributed by atoms with van der Waals surface area (Å²) in [6.45, 7) is 0.571. The van der Waals surface area contributed by atoms with E-state index in [9.17, 15) is 0 Å². The van der Waals surface area contributed by atoms with Crippen molar-refractivity contribution in [3.8, 4) is 0 Å². The van der Waals surface area contributed by atoms with Gasteiger partial charge in [0.2, 0.25) is 5.89 Å². The minimum atomic E-state index is 0.267. The quantitative estimate of drug-likeness (QED) is 0.819. The van der Waals surface area contributed by atoms with Gasteiger partial charge in [-0.2, -0.15) is 0 Å². The number of hydrogen-bond donors (Lipinski definition) is 2. The minimum absolute atomic E-state index is 0.267. The van der Waals surface area contributed by atoms with Gasteiger partial charge in [0.1, 0.15) is 0 Å². The largest absolute Gasteiger partial charge is 0.406 e. The van der Waals surface area contributed by atoms with Crippen LogP contribution in [0.3, 0.4) is 0 Å². The summed E-state index contributed by atoms with van der Waals surface area (Å²) >= 11 is 15.6. The molecule has 1 aliphatic rings. The van der Waals surface area contributed by atoms with Crippen LogP contribution in [0.1, 0.15) is 18.7 Å². The number of hydrogen-bond acceptors (Lipinski definition) is 5. The summed E-state index contributed by atoms with van der Waals surface area (Å²) in [6.07, 6.45) is 2.42. The van der Waals surface area contributed by atoms with Crippen LogP contribution in [-0.2, 0) is 6.54 Å². The van der Waals surface area contributed by atoms with E-state index in [0.717, 1.165) is 4.47 Å². The van der Waals surface area contributed by atoms with Gasteiger partial charge in [0.05, 0.1) is 22.3 Å². The number of halogens is 3. The maximum absolute atomic E-state index is 6.12. The molecular weight excluding hydrogens is 367 g/mol. The predicted molar refractivity (Wildman–Crippen MR) is 81.6 cm³/mol. The van der Waals surface area contributed by atoms with Gasteiger partial charge < -0.3 is 15.1 Å². The van der Waals surface area contributed by atoms with Crippen molar-refractivity contribution < 1.29 is 4.42 Å². The zero-order valence-corrected chi connectivity index (χ0v) is 13.4. The van der Waals surface area contributed by atoms with Crippen molar-refractivity contribution in [3.05, 3.63) is 32.5 Å². The molecule has 0 spiro atoms. The maximum Gasteiger partial charge on any atom is 0.320 e. The Morgan fingerprint density at radius 1 is 1.25 bits per heavy atom. The van der Waals surface area contributed by atoms with Crippen LogP contribution >= 0.6 is 39.1 Å². The van der Waals surface area contributed by atoms with Crippen LogP contribution in [0.2, 0.25) is 10.0 Å². The maximum atomic E-state index is 6.12. The Kier molecular flexibility index (Phi) is 4.16. The second kappa shape index (κ2) is 5.89. The Balaban J connectivity index is 1.70. The normalized spacial score (nSPS) is 14.6. The van der Waals surface area contributed by atoms with Crippen LogP contribution in [-0.4, -0.2) is 16.2 Å². The van der Waals surface area contributed by atoms with E-state index in [-0.39, 0.29) is 6.01 Å². The average molecular weight is 378 g/mol. The highest BCUT2D eigenvalue weighted by Crippen LogP contribution is 2.35. The highest BCUT2D eigenvalue weighted by molar-refractivity contribution is 9.10. The molecule has 5 nitrogen and oxygen atoms in total. The molecule has 1 saturated carbocycles. The standard InChI is InChI=1S/C12H11BrCl2N4O/c13-6-3-8(14)11(9(15)4-6)17-12-19-18-10(20-12)5-16-7-1-2-7/h3-4,7,16H,1-2,5H2,(H,17,19). The van der Waals surface area contributed by atoms with Crippen molar-refractivity contribution in [2.75, 3.05) is 5.32 Å². The van der Waals surface area contributed by atoms with Crippen molar-refractivity contribution in [1.82, 2.24) is 15.5 Å². The molecule has 2 N–H and O–H groups in total. The first kappa shape index (κ1) is 14.1. The summed E-state index contributed by atoms with van der Waals surface area (Å²) in [5.41, 5.74) is 0.543. The van der Waals surface area contributed by atoms with Crippen LogP contribution in [0.15, 0.2) is 21.0 Å². The molecule has 0 aliphatic heterocycles. The molecular formula is C12H11BrCl2N4O. The molecule has 1 fully saturated rings. The monoisotopic (exact) mass is 376 g/mol. The molecule has 0 saturated heterocycles. The van der Waals surface area contributed by atoms with Crippen molar-refractivity contribution in [1.29, 1.82) is 0 Å². The lowest BCUT2D eigenvalue weighted by Crippen LogP contribution is -2.15.